The van der Waals surface area contributed by atoms with Crippen LogP contribution < -0.4 is 4.74 Å². The molecular weight excluding hydrogens is 252 g/mol. The predicted octanol–water partition coefficient (Wildman–Crippen LogP) is 4.28. The molecule has 0 aliphatic rings. The number of benzene rings is 2. The summed E-state index contributed by atoms with van der Waals surface area (Å²) in [6.07, 6.45) is 1.19. The minimum Gasteiger partial charge on any atom is -0.478 e. The van der Waals surface area contributed by atoms with E-state index in [1.165, 1.54) is 6.08 Å². The van der Waals surface area contributed by atoms with Crippen LogP contribution in [0.4, 0.5) is 0 Å². The summed E-state index contributed by atoms with van der Waals surface area (Å²) in [4.78, 5) is 10.6. The van der Waals surface area contributed by atoms with Crippen molar-refractivity contribution in [2.24, 2.45) is 0 Å². The van der Waals surface area contributed by atoms with E-state index < -0.39 is 5.97 Å². The second kappa shape index (κ2) is 6.06. The molecule has 102 valence electrons. The molecule has 0 bridgehead atoms. The lowest BCUT2D eigenvalue weighted by molar-refractivity contribution is -0.131. The summed E-state index contributed by atoms with van der Waals surface area (Å²) in [5.41, 5.74) is 2.71. The summed E-state index contributed by atoms with van der Waals surface area (Å²) in [6.45, 7) is 3.78. The van der Waals surface area contributed by atoms with Gasteiger partial charge >= 0.3 is 5.97 Å². The van der Waals surface area contributed by atoms with E-state index in [0.717, 1.165) is 22.6 Å². The molecule has 1 N–H and O–H groups in total. The molecule has 0 spiro atoms. The zero-order valence-electron chi connectivity index (χ0n) is 11.5. The lowest BCUT2D eigenvalue weighted by Crippen LogP contribution is -1.90. The van der Waals surface area contributed by atoms with Crippen LogP contribution in [-0.2, 0) is 4.79 Å². The maximum atomic E-state index is 10.6. The SMILES string of the molecule is C/C(=C\C(=O)O)c1ccc(Oc2cccc(C)c2)cc1. The molecule has 0 fully saturated rings. The molecule has 0 unspecified atom stereocenters. The number of allylic oxidation sites excluding steroid dienone is 1. The Labute approximate surface area is 118 Å². The molecule has 0 heterocycles. The highest BCUT2D eigenvalue weighted by Crippen LogP contribution is 2.24. The number of rotatable bonds is 4. The molecule has 0 radical (unpaired) electrons. The van der Waals surface area contributed by atoms with Crippen molar-refractivity contribution in [1.29, 1.82) is 0 Å². The molecule has 2 aromatic carbocycles. The number of hydrogen-bond acceptors (Lipinski definition) is 2. The van der Waals surface area contributed by atoms with Crippen LogP contribution in [0, 0.1) is 6.92 Å². The summed E-state index contributed by atoms with van der Waals surface area (Å²) in [7, 11) is 0. The molecule has 0 aromatic heterocycles. The number of ether oxygens (including phenoxy) is 1. The second-order valence-corrected chi connectivity index (χ2v) is 4.61. The third kappa shape index (κ3) is 3.72. The largest absolute Gasteiger partial charge is 0.478 e. The fraction of sp³-hybridized carbons (Fsp3) is 0.118. The highest BCUT2D eigenvalue weighted by atomic mass is 16.5. The Kier molecular flexibility index (Phi) is 4.20. The summed E-state index contributed by atoms with van der Waals surface area (Å²) in [5.74, 6) is 0.570. The first-order chi connectivity index (χ1) is 9.54. The van der Waals surface area contributed by atoms with Gasteiger partial charge in [-0.2, -0.15) is 0 Å². The van der Waals surface area contributed by atoms with Crippen LogP contribution in [0.15, 0.2) is 54.6 Å². The monoisotopic (exact) mass is 268 g/mol. The fourth-order valence-electron chi connectivity index (χ4n) is 1.87. The molecule has 0 amide bonds. The van der Waals surface area contributed by atoms with Crippen molar-refractivity contribution in [3.8, 4) is 11.5 Å². The number of carboxylic acid groups (broad SMARTS) is 1. The third-order valence-corrected chi connectivity index (χ3v) is 2.87. The molecule has 2 rings (SSSR count). The zero-order chi connectivity index (χ0) is 14.5. The van der Waals surface area contributed by atoms with Gasteiger partial charge in [-0.3, -0.25) is 0 Å². The van der Waals surface area contributed by atoms with Gasteiger partial charge < -0.3 is 9.84 Å². The highest BCUT2D eigenvalue weighted by Gasteiger charge is 2.01. The van der Waals surface area contributed by atoms with Crippen molar-refractivity contribution in [1.82, 2.24) is 0 Å². The quantitative estimate of drug-likeness (QED) is 0.842. The van der Waals surface area contributed by atoms with Crippen molar-refractivity contribution in [3.05, 3.63) is 65.7 Å². The Balaban J connectivity index is 2.14. The van der Waals surface area contributed by atoms with Crippen molar-refractivity contribution >= 4 is 11.5 Å². The highest BCUT2D eigenvalue weighted by molar-refractivity contribution is 5.89. The van der Waals surface area contributed by atoms with E-state index in [1.54, 1.807) is 6.92 Å². The molecule has 0 saturated carbocycles. The van der Waals surface area contributed by atoms with Crippen LogP contribution in [-0.4, -0.2) is 11.1 Å². The topological polar surface area (TPSA) is 46.5 Å². The summed E-state index contributed by atoms with van der Waals surface area (Å²) in [6, 6.07) is 15.2. The standard InChI is InChI=1S/C17H16O3/c1-12-4-3-5-16(10-12)20-15-8-6-14(7-9-15)13(2)11-17(18)19/h3-11H,1-2H3,(H,18,19)/b13-11+. The van der Waals surface area contributed by atoms with Gasteiger partial charge in [0.05, 0.1) is 0 Å². The van der Waals surface area contributed by atoms with Gasteiger partial charge in [-0.15, -0.1) is 0 Å². The number of aryl methyl sites for hydroxylation is 1. The van der Waals surface area contributed by atoms with E-state index in [2.05, 4.69) is 0 Å². The van der Waals surface area contributed by atoms with Crippen molar-refractivity contribution < 1.29 is 14.6 Å². The summed E-state index contributed by atoms with van der Waals surface area (Å²) >= 11 is 0. The van der Waals surface area contributed by atoms with Gasteiger partial charge in [-0.1, -0.05) is 24.3 Å². The van der Waals surface area contributed by atoms with E-state index in [0.29, 0.717) is 5.57 Å². The molecule has 3 heteroatoms. The minimum atomic E-state index is -0.942. The molecule has 2 aromatic rings. The van der Waals surface area contributed by atoms with Crippen LogP contribution in [0.1, 0.15) is 18.1 Å². The van der Waals surface area contributed by atoms with Crippen LogP contribution >= 0.6 is 0 Å². The van der Waals surface area contributed by atoms with Crippen LogP contribution in [0.2, 0.25) is 0 Å². The first-order valence-corrected chi connectivity index (χ1v) is 6.31. The van der Waals surface area contributed by atoms with Crippen LogP contribution in [0.3, 0.4) is 0 Å². The Hall–Kier alpha value is -2.55. The molecule has 0 atom stereocenters. The predicted molar refractivity (Wildman–Crippen MR) is 79.0 cm³/mol. The number of hydrogen-bond donors (Lipinski definition) is 1. The molecule has 0 aliphatic heterocycles. The number of carbonyl (C=O) groups is 1. The van der Waals surface area contributed by atoms with Gasteiger partial charge in [0.25, 0.3) is 0 Å². The zero-order valence-corrected chi connectivity index (χ0v) is 11.5. The Morgan fingerprint density at radius 1 is 1.10 bits per heavy atom. The Bertz CT molecular complexity index is 640. The third-order valence-electron chi connectivity index (χ3n) is 2.87. The Morgan fingerprint density at radius 2 is 1.80 bits per heavy atom. The molecule has 3 nitrogen and oxygen atoms in total. The summed E-state index contributed by atoms with van der Waals surface area (Å²) in [5, 5.41) is 8.72. The van der Waals surface area contributed by atoms with Crippen molar-refractivity contribution in [2.75, 3.05) is 0 Å². The minimum absolute atomic E-state index is 0.708. The maximum Gasteiger partial charge on any atom is 0.328 e. The van der Waals surface area contributed by atoms with E-state index in [9.17, 15) is 4.79 Å². The maximum absolute atomic E-state index is 10.6. The fourth-order valence-corrected chi connectivity index (χ4v) is 1.87. The van der Waals surface area contributed by atoms with Crippen LogP contribution in [0.5, 0.6) is 11.5 Å². The van der Waals surface area contributed by atoms with Gasteiger partial charge in [-0.05, 0) is 54.8 Å². The molecule has 0 aliphatic carbocycles. The smallest absolute Gasteiger partial charge is 0.328 e. The second-order valence-electron chi connectivity index (χ2n) is 4.61. The molecule has 0 saturated heterocycles. The van der Waals surface area contributed by atoms with Gasteiger partial charge in [-0.25, -0.2) is 4.79 Å². The van der Waals surface area contributed by atoms with Gasteiger partial charge in [0, 0.05) is 6.08 Å². The first-order valence-electron chi connectivity index (χ1n) is 6.31. The van der Waals surface area contributed by atoms with E-state index in [1.807, 2.05) is 55.5 Å². The normalized spacial score (nSPS) is 11.2. The summed E-state index contributed by atoms with van der Waals surface area (Å²) < 4.78 is 5.74. The average molecular weight is 268 g/mol. The van der Waals surface area contributed by atoms with E-state index in [4.69, 9.17) is 9.84 Å². The van der Waals surface area contributed by atoms with Crippen molar-refractivity contribution in [2.45, 2.75) is 13.8 Å². The Morgan fingerprint density at radius 3 is 2.40 bits per heavy atom. The van der Waals surface area contributed by atoms with Gasteiger partial charge in [0.2, 0.25) is 0 Å². The number of aliphatic carboxylic acids is 1. The van der Waals surface area contributed by atoms with Gasteiger partial charge in [0.1, 0.15) is 11.5 Å². The first kappa shape index (κ1) is 13.9. The van der Waals surface area contributed by atoms with Gasteiger partial charge in [0.15, 0.2) is 0 Å². The average Bonchev–Trinajstić information content (AvgIpc) is 2.38. The number of carboxylic acids is 1. The lowest BCUT2D eigenvalue weighted by atomic mass is 10.1. The lowest BCUT2D eigenvalue weighted by Gasteiger charge is -2.07. The van der Waals surface area contributed by atoms with Crippen molar-refractivity contribution in [3.63, 3.8) is 0 Å². The van der Waals surface area contributed by atoms with Crippen LogP contribution in [0.25, 0.3) is 5.57 Å². The van der Waals surface area contributed by atoms with E-state index in [-0.39, 0.29) is 0 Å². The molecular formula is C17H16O3. The molecule has 20 heavy (non-hydrogen) atoms. The van der Waals surface area contributed by atoms with E-state index >= 15 is 0 Å².